The van der Waals surface area contributed by atoms with Gasteiger partial charge in [-0.15, -0.1) is 0 Å². The molecule has 0 rings (SSSR count). The number of allylic oxidation sites excluding steroid dienone is 2. The molecule has 0 unspecified atom stereocenters. The van der Waals surface area contributed by atoms with E-state index < -0.39 is 5.97 Å². The average Bonchev–Trinajstić information content (AvgIpc) is 2.43. The van der Waals surface area contributed by atoms with E-state index in [1.807, 2.05) is 0 Å². The molecule has 1 N–H and O–H groups in total. The lowest BCUT2D eigenvalue weighted by atomic mass is 10.1. The van der Waals surface area contributed by atoms with Gasteiger partial charge in [0, 0.05) is 13.5 Å². The smallest absolute Gasteiger partial charge is 0.323 e. The molecule has 122 valence electrons. The number of hydrogen-bond acceptors (Lipinski definition) is 2. The van der Waals surface area contributed by atoms with E-state index in [-0.39, 0.29) is 12.5 Å². The summed E-state index contributed by atoms with van der Waals surface area (Å²) in [4.78, 5) is 23.3. The Morgan fingerprint density at radius 1 is 0.952 bits per heavy atom. The summed E-state index contributed by atoms with van der Waals surface area (Å²) in [5.41, 5.74) is 0. The molecule has 0 aromatic heterocycles. The highest BCUT2D eigenvalue weighted by molar-refractivity contribution is 5.80. The van der Waals surface area contributed by atoms with Gasteiger partial charge in [-0.25, -0.2) is 0 Å². The maximum Gasteiger partial charge on any atom is 0.323 e. The van der Waals surface area contributed by atoms with Crippen LogP contribution in [-0.4, -0.2) is 35.5 Å². The normalized spacial score (nSPS) is 11.0. The summed E-state index contributed by atoms with van der Waals surface area (Å²) in [6, 6.07) is 0. The van der Waals surface area contributed by atoms with Gasteiger partial charge in [0.2, 0.25) is 5.91 Å². The van der Waals surface area contributed by atoms with Crippen LogP contribution in [0.25, 0.3) is 0 Å². The molecule has 0 fully saturated rings. The third kappa shape index (κ3) is 13.4. The van der Waals surface area contributed by atoms with Crippen LogP contribution < -0.4 is 0 Å². The fourth-order valence-electron chi connectivity index (χ4n) is 2.11. The van der Waals surface area contributed by atoms with Crippen molar-refractivity contribution < 1.29 is 14.7 Å². The zero-order valence-corrected chi connectivity index (χ0v) is 13.6. The van der Waals surface area contributed by atoms with Crippen LogP contribution in [-0.2, 0) is 9.59 Å². The van der Waals surface area contributed by atoms with E-state index in [1.54, 1.807) is 7.05 Å². The van der Waals surface area contributed by atoms with Crippen molar-refractivity contribution >= 4 is 11.9 Å². The summed E-state index contributed by atoms with van der Waals surface area (Å²) in [5, 5.41) is 8.59. The topological polar surface area (TPSA) is 57.6 Å². The van der Waals surface area contributed by atoms with E-state index >= 15 is 0 Å². The molecule has 0 aliphatic carbocycles. The number of amides is 1. The Bertz CT molecular complexity index is 313. The molecule has 0 bridgehead atoms. The number of carboxylic acids is 1. The molecule has 0 aliphatic heterocycles. The molecule has 4 heteroatoms. The second-order valence-electron chi connectivity index (χ2n) is 5.56. The summed E-state index contributed by atoms with van der Waals surface area (Å²) < 4.78 is 0. The zero-order chi connectivity index (χ0) is 15.9. The summed E-state index contributed by atoms with van der Waals surface area (Å²) >= 11 is 0. The molecule has 21 heavy (non-hydrogen) atoms. The zero-order valence-electron chi connectivity index (χ0n) is 13.6. The van der Waals surface area contributed by atoms with Crippen molar-refractivity contribution in [2.45, 2.75) is 71.1 Å². The van der Waals surface area contributed by atoms with Gasteiger partial charge in [0.05, 0.1) is 0 Å². The largest absolute Gasteiger partial charge is 0.480 e. The van der Waals surface area contributed by atoms with Crippen LogP contribution >= 0.6 is 0 Å². The number of likely N-dealkylation sites (N-methyl/N-ethyl adjacent to an activating group) is 1. The van der Waals surface area contributed by atoms with E-state index in [1.165, 1.54) is 37.0 Å². The number of hydrogen-bond donors (Lipinski definition) is 1. The fraction of sp³-hybridized carbons (Fsp3) is 0.765. The van der Waals surface area contributed by atoms with Crippen LogP contribution in [0.4, 0.5) is 0 Å². The maximum atomic E-state index is 11.6. The Kier molecular flexibility index (Phi) is 12.8. The van der Waals surface area contributed by atoms with Gasteiger partial charge in [-0.2, -0.15) is 0 Å². The SMILES string of the molecule is CCCCC=CCCCCCCCC(=O)N(C)CC(=O)O. The lowest BCUT2D eigenvalue weighted by Gasteiger charge is -2.14. The van der Waals surface area contributed by atoms with Crippen LogP contribution in [0.3, 0.4) is 0 Å². The monoisotopic (exact) mass is 297 g/mol. The highest BCUT2D eigenvalue weighted by atomic mass is 16.4. The molecule has 0 saturated carbocycles. The lowest BCUT2D eigenvalue weighted by Crippen LogP contribution is -2.31. The Morgan fingerprint density at radius 3 is 2.14 bits per heavy atom. The molecule has 0 aromatic rings. The molecule has 0 aliphatic rings. The highest BCUT2D eigenvalue weighted by Crippen LogP contribution is 2.09. The Balaban J connectivity index is 3.38. The Morgan fingerprint density at radius 2 is 1.52 bits per heavy atom. The molecule has 1 amide bonds. The minimum absolute atomic E-state index is 0.0729. The van der Waals surface area contributed by atoms with Crippen molar-refractivity contribution in [2.75, 3.05) is 13.6 Å². The second kappa shape index (κ2) is 13.7. The van der Waals surface area contributed by atoms with E-state index in [9.17, 15) is 9.59 Å². The molecule has 0 spiro atoms. The van der Waals surface area contributed by atoms with Crippen LogP contribution in [0, 0.1) is 0 Å². The first-order chi connectivity index (χ1) is 10.1. The lowest BCUT2D eigenvalue weighted by molar-refractivity contribution is -0.143. The van der Waals surface area contributed by atoms with Gasteiger partial charge in [0.1, 0.15) is 6.54 Å². The van der Waals surface area contributed by atoms with E-state index in [4.69, 9.17) is 5.11 Å². The third-order valence-electron chi connectivity index (χ3n) is 3.45. The molecule has 0 saturated heterocycles. The van der Waals surface area contributed by atoms with Crippen LogP contribution in [0.5, 0.6) is 0 Å². The molecular weight excluding hydrogens is 266 g/mol. The highest BCUT2D eigenvalue weighted by Gasteiger charge is 2.10. The van der Waals surface area contributed by atoms with Gasteiger partial charge in [-0.3, -0.25) is 9.59 Å². The number of aliphatic carboxylic acids is 1. The van der Waals surface area contributed by atoms with E-state index in [2.05, 4.69) is 19.1 Å². The molecule has 0 heterocycles. The molecule has 0 radical (unpaired) electrons. The third-order valence-corrected chi connectivity index (χ3v) is 3.45. The molecular formula is C17H31NO3. The predicted octanol–water partition coefficient (Wildman–Crippen LogP) is 4.01. The van der Waals surface area contributed by atoms with Crippen molar-refractivity contribution in [1.29, 1.82) is 0 Å². The van der Waals surface area contributed by atoms with E-state index in [0.717, 1.165) is 25.7 Å². The first-order valence-electron chi connectivity index (χ1n) is 8.18. The maximum absolute atomic E-state index is 11.6. The minimum atomic E-state index is -0.960. The summed E-state index contributed by atoms with van der Waals surface area (Å²) in [7, 11) is 1.54. The second-order valence-corrected chi connectivity index (χ2v) is 5.56. The summed E-state index contributed by atoms with van der Waals surface area (Å²) in [5.74, 6) is -1.03. The van der Waals surface area contributed by atoms with Crippen molar-refractivity contribution in [1.82, 2.24) is 4.90 Å². The van der Waals surface area contributed by atoms with Gasteiger partial charge in [0.15, 0.2) is 0 Å². The van der Waals surface area contributed by atoms with Gasteiger partial charge < -0.3 is 10.0 Å². The van der Waals surface area contributed by atoms with E-state index in [0.29, 0.717) is 6.42 Å². The Labute approximate surface area is 129 Å². The van der Waals surface area contributed by atoms with Crippen molar-refractivity contribution in [3.63, 3.8) is 0 Å². The van der Waals surface area contributed by atoms with Crippen LogP contribution in [0.1, 0.15) is 71.1 Å². The number of carbonyl (C=O) groups excluding carboxylic acids is 1. The fourth-order valence-corrected chi connectivity index (χ4v) is 2.11. The van der Waals surface area contributed by atoms with Crippen LogP contribution in [0.2, 0.25) is 0 Å². The minimum Gasteiger partial charge on any atom is -0.480 e. The van der Waals surface area contributed by atoms with Crippen molar-refractivity contribution in [3.8, 4) is 0 Å². The molecule has 0 atom stereocenters. The number of carboxylic acid groups (broad SMARTS) is 1. The number of carbonyl (C=O) groups is 2. The standard InChI is InChI=1S/C17H31NO3/c1-3-4-5-6-7-8-9-10-11-12-13-14-16(19)18(2)15-17(20)21/h6-7H,3-5,8-15H2,1-2H3,(H,20,21). The summed E-state index contributed by atoms with van der Waals surface area (Å²) in [6.07, 6.45) is 15.4. The van der Waals surface area contributed by atoms with Crippen molar-refractivity contribution in [3.05, 3.63) is 12.2 Å². The van der Waals surface area contributed by atoms with Crippen LogP contribution in [0.15, 0.2) is 12.2 Å². The average molecular weight is 297 g/mol. The summed E-state index contributed by atoms with van der Waals surface area (Å²) in [6.45, 7) is 2.00. The number of rotatable bonds is 13. The van der Waals surface area contributed by atoms with Gasteiger partial charge in [0.25, 0.3) is 0 Å². The molecule has 0 aromatic carbocycles. The Hall–Kier alpha value is -1.32. The first kappa shape index (κ1) is 19.7. The first-order valence-corrected chi connectivity index (χ1v) is 8.18. The van der Waals surface area contributed by atoms with Gasteiger partial charge in [-0.1, -0.05) is 51.2 Å². The quantitative estimate of drug-likeness (QED) is 0.413. The number of nitrogens with zero attached hydrogens (tertiary/aromatic N) is 1. The predicted molar refractivity (Wildman–Crippen MR) is 86.3 cm³/mol. The molecule has 4 nitrogen and oxygen atoms in total. The van der Waals surface area contributed by atoms with Crippen molar-refractivity contribution in [2.24, 2.45) is 0 Å². The van der Waals surface area contributed by atoms with Gasteiger partial charge >= 0.3 is 5.97 Å². The number of unbranched alkanes of at least 4 members (excludes halogenated alkanes) is 7. The van der Waals surface area contributed by atoms with Gasteiger partial charge in [-0.05, 0) is 25.7 Å².